The van der Waals surface area contributed by atoms with Gasteiger partial charge in [-0.3, -0.25) is 0 Å². The Bertz CT molecular complexity index is 43.2. The Hall–Kier alpha value is 1.01. The van der Waals surface area contributed by atoms with Crippen molar-refractivity contribution in [2.45, 2.75) is 0 Å². The molecule has 0 atom stereocenters. The molecule has 3 nitrogen and oxygen atoms in total. The second kappa shape index (κ2) is 8.01. The van der Waals surface area contributed by atoms with E-state index in [1.165, 1.54) is 0 Å². The molecule has 0 aliphatic rings. The average Bonchev–Trinajstić information content (AvgIpc) is 1.72. The van der Waals surface area contributed by atoms with Gasteiger partial charge in [-0.1, -0.05) is 0 Å². The van der Waals surface area contributed by atoms with Gasteiger partial charge in [-0.2, -0.15) is 0 Å². The summed E-state index contributed by atoms with van der Waals surface area (Å²) < 4.78 is 14.2. The van der Waals surface area contributed by atoms with Gasteiger partial charge in [-0.15, -0.1) is 0 Å². The van der Waals surface area contributed by atoms with E-state index in [1.54, 1.807) is 21.3 Å². The van der Waals surface area contributed by atoms with Crippen LogP contribution in [-0.2, 0) is 11.4 Å². The van der Waals surface area contributed by atoms with E-state index in [0.29, 0.717) is 0 Å². The first kappa shape index (κ1) is 11.8. The van der Waals surface area contributed by atoms with Gasteiger partial charge in [0, 0.05) is 22.8 Å². The molecular formula is C3H12AlLiO3. The Morgan fingerprint density at radius 1 is 1.12 bits per heavy atom. The van der Waals surface area contributed by atoms with Gasteiger partial charge in [-0.05, 0) is 0 Å². The summed E-state index contributed by atoms with van der Waals surface area (Å²) in [6.07, 6.45) is 0. The molecule has 0 saturated heterocycles. The molecule has 0 fully saturated rings. The third kappa shape index (κ3) is 5.15. The number of hydrogen-bond acceptors (Lipinski definition) is 3. The summed E-state index contributed by atoms with van der Waals surface area (Å²) in [4.78, 5) is 0. The molecule has 0 aromatic carbocycles. The van der Waals surface area contributed by atoms with Gasteiger partial charge in [0.15, 0.2) is 0 Å². The summed E-state index contributed by atoms with van der Waals surface area (Å²) in [7, 11) is 4.72. The van der Waals surface area contributed by atoms with Crippen LogP contribution in [-0.4, -0.2) is 36.5 Å². The topological polar surface area (TPSA) is 27.7 Å². The van der Waals surface area contributed by atoms with E-state index in [0.717, 1.165) is 0 Å². The van der Waals surface area contributed by atoms with E-state index in [4.69, 9.17) is 11.4 Å². The predicted octanol–water partition coefficient (Wildman–Crippen LogP) is -2.73. The third-order valence-electron chi connectivity index (χ3n) is 0.577. The first-order valence-electron chi connectivity index (χ1n) is 1.93. The van der Waals surface area contributed by atoms with E-state index in [1.807, 2.05) is 0 Å². The van der Waals surface area contributed by atoms with Crippen molar-refractivity contribution in [1.29, 1.82) is 0 Å². The van der Waals surface area contributed by atoms with Crippen molar-refractivity contribution in [2.75, 3.05) is 21.3 Å². The zero-order valence-electron chi connectivity index (χ0n) is 6.80. The number of hydrogen-bond donors (Lipinski definition) is 0. The van der Waals surface area contributed by atoms with Crippen molar-refractivity contribution in [2.24, 2.45) is 0 Å². The fraction of sp³-hybridized carbons (Fsp3) is 1.00. The Morgan fingerprint density at radius 3 is 1.38 bits per heavy atom. The van der Waals surface area contributed by atoms with Crippen LogP contribution in [0, 0.1) is 0 Å². The molecule has 0 aromatic rings. The Morgan fingerprint density at radius 2 is 1.38 bits per heavy atom. The molecule has 0 aliphatic carbocycles. The van der Waals surface area contributed by atoms with E-state index in [-0.39, 0.29) is 21.7 Å². The molecule has 46 valence electrons. The molecule has 8 heavy (non-hydrogen) atoms. The van der Waals surface area contributed by atoms with Crippen LogP contribution in [0.15, 0.2) is 0 Å². The van der Waals surface area contributed by atoms with Crippen molar-refractivity contribution < 1.29 is 33.1 Å². The smallest absolute Gasteiger partial charge is 1.00 e. The van der Waals surface area contributed by atoms with E-state index in [2.05, 4.69) is 0 Å². The van der Waals surface area contributed by atoms with Crippen LogP contribution in [0.1, 0.15) is 2.85 Å². The fourth-order valence-corrected chi connectivity index (χ4v) is 0.866. The molecule has 0 spiro atoms. The molecule has 0 amide bonds. The van der Waals surface area contributed by atoms with Gasteiger partial charge in [0.1, 0.15) is 0 Å². The predicted molar refractivity (Wildman–Crippen MR) is 30.0 cm³/mol. The minimum absolute atomic E-state index is 0. The molecule has 0 unspecified atom stereocenters. The Balaban J connectivity index is -0.0000000600. The summed E-state index contributed by atoms with van der Waals surface area (Å²) >= 11 is -1.67. The normalized spacial score (nSPS) is 7.88. The molecule has 0 bridgehead atoms. The first-order chi connectivity index (χ1) is 3.35. The van der Waals surface area contributed by atoms with E-state index < -0.39 is 15.1 Å². The zero-order valence-corrected chi connectivity index (χ0v) is 6.96. The van der Waals surface area contributed by atoms with Gasteiger partial charge < -0.3 is 12.8 Å². The third-order valence-corrected chi connectivity index (χ3v) is 1.73. The average molecular weight is 130 g/mol. The minimum atomic E-state index is -1.67. The summed E-state index contributed by atoms with van der Waals surface area (Å²) in [5.74, 6) is 0. The van der Waals surface area contributed by atoms with Gasteiger partial charge in [0.25, 0.3) is 0 Å². The van der Waals surface area contributed by atoms with Crippen LogP contribution < -0.4 is 18.9 Å². The van der Waals surface area contributed by atoms with Crippen molar-refractivity contribution in [1.82, 2.24) is 0 Å². The van der Waals surface area contributed by atoms with Crippen LogP contribution in [0.2, 0.25) is 0 Å². The monoisotopic (exact) mass is 130 g/mol. The van der Waals surface area contributed by atoms with Crippen molar-refractivity contribution >= 4 is 15.1 Å². The zero-order chi connectivity index (χ0) is 5.70. The van der Waals surface area contributed by atoms with Crippen LogP contribution in [0.5, 0.6) is 0 Å². The summed E-state index contributed by atoms with van der Waals surface area (Å²) in [6, 6.07) is 0. The largest absolute Gasteiger partial charge is 1.00 e. The molecule has 0 radical (unpaired) electrons. The summed E-state index contributed by atoms with van der Waals surface area (Å²) in [5, 5.41) is 0. The second-order valence-corrected chi connectivity index (χ2v) is 2.99. The molecule has 0 aliphatic heterocycles. The van der Waals surface area contributed by atoms with Gasteiger partial charge in [0.05, 0.1) is 0 Å². The Labute approximate surface area is 69.8 Å². The minimum Gasteiger partial charge on any atom is -1.00 e. The van der Waals surface area contributed by atoms with Crippen LogP contribution in [0.4, 0.5) is 0 Å². The standard InChI is InChI=1S/3CH3O.Al.Li.H2.H/c3*1-2;;;;/h3*1H3;;;1H;/q3*-1;+3;+1;;-1. The van der Waals surface area contributed by atoms with Crippen molar-refractivity contribution in [3.05, 3.63) is 0 Å². The molecule has 0 heterocycles. The quantitative estimate of drug-likeness (QED) is 0.388. The van der Waals surface area contributed by atoms with Crippen molar-refractivity contribution in [3.8, 4) is 0 Å². The molecule has 0 aromatic heterocycles. The Kier molecular flexibility index (Phi) is 11.8. The van der Waals surface area contributed by atoms with E-state index in [9.17, 15) is 0 Å². The molecule has 0 N–H and O–H groups in total. The second-order valence-electron chi connectivity index (χ2n) is 0.996. The maximum absolute atomic E-state index is 4.74. The van der Waals surface area contributed by atoms with Crippen LogP contribution in [0.3, 0.4) is 0 Å². The summed E-state index contributed by atoms with van der Waals surface area (Å²) in [5.41, 5.74) is 0. The van der Waals surface area contributed by atoms with Gasteiger partial charge >= 0.3 is 34.0 Å². The molecule has 0 rings (SSSR count). The maximum atomic E-state index is 4.74. The van der Waals surface area contributed by atoms with Crippen LogP contribution in [0.25, 0.3) is 0 Å². The number of rotatable bonds is 3. The first-order valence-corrected chi connectivity index (χ1v) is 3.35. The molecule has 5 heteroatoms. The van der Waals surface area contributed by atoms with Gasteiger partial charge in [0.2, 0.25) is 0 Å². The van der Waals surface area contributed by atoms with Crippen molar-refractivity contribution in [3.63, 3.8) is 0 Å². The maximum Gasteiger partial charge on any atom is 1.00 e. The molecule has 0 saturated carbocycles. The SMILES string of the molecule is C[O][Al]([O]C)[O]C.[H-].[HH].[Li+]. The fourth-order valence-electron chi connectivity index (χ4n) is 0.289. The van der Waals surface area contributed by atoms with Crippen LogP contribution >= 0.6 is 0 Å². The van der Waals surface area contributed by atoms with E-state index >= 15 is 0 Å². The summed E-state index contributed by atoms with van der Waals surface area (Å²) in [6.45, 7) is 0. The molecular weight excluding hydrogens is 118 g/mol. The van der Waals surface area contributed by atoms with Gasteiger partial charge in [-0.25, -0.2) is 0 Å².